The molecule has 6 bridgehead atoms. The van der Waals surface area contributed by atoms with Crippen LogP contribution in [0.4, 0.5) is 14.4 Å². The number of aliphatic hydroxyl groups excluding tert-OH is 3. The molecule has 6 aliphatic rings. The van der Waals surface area contributed by atoms with E-state index >= 15 is 0 Å². The lowest BCUT2D eigenvalue weighted by Gasteiger charge is -2.39. The summed E-state index contributed by atoms with van der Waals surface area (Å²) in [5, 5.41) is 34.8. The lowest BCUT2D eigenvalue weighted by Crippen LogP contribution is -2.48. The van der Waals surface area contributed by atoms with Crippen molar-refractivity contribution in [1.29, 1.82) is 0 Å². The molecule has 12 aromatic rings. The quantitative estimate of drug-likeness (QED) is 0.0700. The molecular weight excluding hydrogens is 1490 g/mol. The molecule has 4 N–H and O–H groups in total. The van der Waals surface area contributed by atoms with Gasteiger partial charge in [-0.15, -0.1) is 0 Å². The number of nitrogens with zero attached hydrogens (tertiary/aromatic N) is 14. The Kier molecular flexibility index (Phi) is 23.5. The lowest BCUT2D eigenvalue weighted by atomic mass is 9.86. The van der Waals surface area contributed by atoms with Crippen LogP contribution in [0.5, 0.6) is 17.2 Å². The number of amides is 2. The third-order valence-electron chi connectivity index (χ3n) is 22.8. The number of hydrogen-bond acceptors (Lipinski definition) is 17. The van der Waals surface area contributed by atoms with Crippen LogP contribution in [0.15, 0.2) is 166 Å². The number of carbonyl (C=O) groups is 3. The zero-order chi connectivity index (χ0) is 77.8. The SMILES string of the molecule is COc1cc(CO)c(-c2cn3ccc(CC4C[C@H]5CC[C@@H](C4)N5)cc3n2)cc1Cl.COc1cc(CO)c(-c2cn3ccc(CC4C[C@H]5CC[C@@H](C4)N5C(=O)OC(C)C)cc3n2)cc1Cl.COc1cc(CO)c(-c2cn3ccc(CC4C[C@H]5CC[C@@H](C4)N5C(=O)n4ccnc4)cc3n2)cc1Cl.O=C(n1ccnc1)n1ccnc1. The van der Waals surface area contributed by atoms with E-state index in [1.165, 1.54) is 64.2 Å². The number of nitrogens with one attached hydrogen (secondary N) is 1. The van der Waals surface area contributed by atoms with Crippen LogP contribution in [0.1, 0.15) is 124 Å². The zero-order valence-corrected chi connectivity index (χ0v) is 65.5. The van der Waals surface area contributed by atoms with Crippen molar-refractivity contribution in [3.8, 4) is 51.0 Å². The van der Waals surface area contributed by atoms with Gasteiger partial charge in [0, 0.05) is 127 Å². The molecule has 584 valence electrons. The number of imidazole rings is 6. The second kappa shape index (κ2) is 34.1. The van der Waals surface area contributed by atoms with Gasteiger partial charge >= 0.3 is 18.2 Å². The zero-order valence-electron chi connectivity index (χ0n) is 63.2. The highest BCUT2D eigenvalue weighted by Gasteiger charge is 2.45. The first-order chi connectivity index (χ1) is 54.4. The molecule has 6 aliphatic heterocycles. The van der Waals surface area contributed by atoms with Crippen LogP contribution in [0, 0.1) is 17.8 Å². The molecule has 0 saturated carbocycles. The van der Waals surface area contributed by atoms with Crippen LogP contribution in [-0.2, 0) is 43.8 Å². The second-order valence-corrected chi connectivity index (χ2v) is 31.7. The van der Waals surface area contributed by atoms with Crippen molar-refractivity contribution in [3.63, 3.8) is 0 Å². The van der Waals surface area contributed by atoms with Crippen molar-refractivity contribution in [2.75, 3.05) is 21.3 Å². The predicted octanol–water partition coefficient (Wildman–Crippen LogP) is 15.1. The van der Waals surface area contributed by atoms with E-state index in [1.807, 2.05) is 69.0 Å². The Balaban J connectivity index is 0.000000124. The number of rotatable bonds is 16. The van der Waals surface area contributed by atoms with E-state index in [9.17, 15) is 29.7 Å². The molecule has 2 amide bonds. The van der Waals surface area contributed by atoms with Gasteiger partial charge in [-0.1, -0.05) is 34.8 Å². The number of aromatic nitrogens is 12. The van der Waals surface area contributed by atoms with Crippen LogP contribution in [0.3, 0.4) is 0 Å². The van der Waals surface area contributed by atoms with E-state index in [2.05, 4.69) is 67.8 Å². The molecule has 9 atom stereocenters. The van der Waals surface area contributed by atoms with Crippen molar-refractivity contribution >= 4 is 69.9 Å². The molecule has 28 heteroatoms. The number of ether oxygens (including phenoxy) is 4. The summed E-state index contributed by atoms with van der Waals surface area (Å²) < 4.78 is 31.7. The Labute approximate surface area is 663 Å². The van der Waals surface area contributed by atoms with E-state index in [-0.39, 0.29) is 56.2 Å². The molecule has 3 unspecified atom stereocenters. The Morgan fingerprint density at radius 1 is 0.455 bits per heavy atom. The minimum Gasteiger partial charge on any atom is -0.495 e. The number of hydrogen-bond donors (Lipinski definition) is 4. The maximum absolute atomic E-state index is 13.0. The number of piperidine rings is 3. The second-order valence-electron chi connectivity index (χ2n) is 30.4. The first-order valence-electron chi connectivity index (χ1n) is 38.3. The standard InChI is InChI=1S/C27H28ClN5O3.C27H32ClN3O4.C23H26ClN3O2.C7H6N4O/c1-36-25-12-19(15-34)22(13-23(25)28)24-14-31-6-4-17(11-26(31)30-24)8-18-9-20-2-3-21(10-18)33(20)27(35)32-7-5-29-16-32;1-16(2)35-27(33)31-20-4-5-21(31)10-18(9-20)8-17-6-7-30-14-24(29-26(30)11-17)22-13-23(28)25(34-3)12-19(22)15-32;1-29-22-10-16(13-28)19(11-20(22)24)21-12-27-5-4-14(9-23(27)26-21)6-15-7-17-2-3-18(8-15)25-17;12-7(10-3-1-8-5-10)11-4-2-9-6-11/h4-7,11-14,16,18,20-21,34H,2-3,8-10,15H2,1H3;6-7,11-14,16,18,20-21,32H,4-5,8-10,15H2,1-3H3;4-5,9-12,15,17-18,25,28H,2-3,6-8,13H2,1H3;1-6H/t2*18?,20-,21+;15?,17-,18+;. The lowest BCUT2D eigenvalue weighted by molar-refractivity contribution is 0.0402. The molecular formula is C84H92Cl3N15O10. The highest BCUT2D eigenvalue weighted by atomic mass is 35.5. The molecule has 6 fully saturated rings. The summed E-state index contributed by atoms with van der Waals surface area (Å²) in [5.74, 6) is 3.44. The van der Waals surface area contributed by atoms with Crippen LogP contribution in [0.25, 0.3) is 50.7 Å². The number of aliphatic hydroxyl groups is 3. The molecule has 18 rings (SSSR count). The number of pyridine rings is 3. The van der Waals surface area contributed by atoms with Crippen molar-refractivity contribution < 1.29 is 48.7 Å². The van der Waals surface area contributed by atoms with Gasteiger partial charge in [0.1, 0.15) is 53.2 Å². The summed E-state index contributed by atoms with van der Waals surface area (Å²) in [6, 6.07) is 26.1. The number of halogens is 3. The van der Waals surface area contributed by atoms with Gasteiger partial charge in [0.15, 0.2) is 0 Å². The van der Waals surface area contributed by atoms with Crippen molar-refractivity contribution in [2.45, 2.75) is 172 Å². The topological polar surface area (TPSA) is 273 Å². The minimum absolute atomic E-state index is 0.0469. The Morgan fingerprint density at radius 2 is 0.795 bits per heavy atom. The molecule has 0 aliphatic carbocycles. The molecule has 3 aromatic carbocycles. The fraction of sp³-hybridized carbons (Fsp3) is 0.393. The predicted molar refractivity (Wildman–Crippen MR) is 426 cm³/mol. The Morgan fingerprint density at radius 3 is 1.12 bits per heavy atom. The number of methoxy groups -OCH3 is 3. The van der Waals surface area contributed by atoms with Crippen LogP contribution < -0.4 is 19.5 Å². The van der Waals surface area contributed by atoms with Gasteiger partial charge in [0.05, 0.1) is 79.4 Å². The van der Waals surface area contributed by atoms with Crippen molar-refractivity contribution in [1.82, 2.24) is 71.9 Å². The van der Waals surface area contributed by atoms with Crippen molar-refractivity contribution in [2.24, 2.45) is 17.8 Å². The average Bonchev–Trinajstić information content (AvgIpc) is 1.63. The third-order valence-corrected chi connectivity index (χ3v) is 23.7. The van der Waals surface area contributed by atoms with Crippen molar-refractivity contribution in [3.05, 3.63) is 215 Å². The van der Waals surface area contributed by atoms with Gasteiger partial charge in [-0.2, -0.15) is 0 Å². The summed E-state index contributed by atoms with van der Waals surface area (Å²) >= 11 is 19.0. The highest BCUT2D eigenvalue weighted by Crippen LogP contribution is 2.44. The summed E-state index contributed by atoms with van der Waals surface area (Å²) in [6.45, 7) is 3.44. The van der Waals surface area contributed by atoms with Crippen LogP contribution in [0.2, 0.25) is 15.1 Å². The van der Waals surface area contributed by atoms with E-state index in [4.69, 9.17) is 68.7 Å². The van der Waals surface area contributed by atoms with Gasteiger partial charge in [-0.05, 0) is 234 Å². The molecule has 0 spiro atoms. The van der Waals surface area contributed by atoms with Gasteiger partial charge in [-0.25, -0.2) is 44.3 Å². The maximum atomic E-state index is 13.0. The fourth-order valence-corrected chi connectivity index (χ4v) is 18.4. The smallest absolute Gasteiger partial charge is 0.410 e. The highest BCUT2D eigenvalue weighted by molar-refractivity contribution is 6.33. The first-order valence-corrected chi connectivity index (χ1v) is 39.5. The molecule has 112 heavy (non-hydrogen) atoms. The minimum atomic E-state index is -0.190. The fourth-order valence-electron chi connectivity index (χ4n) is 17.7. The van der Waals surface area contributed by atoms with E-state index in [0.717, 1.165) is 145 Å². The van der Waals surface area contributed by atoms with Crippen LogP contribution >= 0.6 is 34.8 Å². The summed E-state index contributed by atoms with van der Waals surface area (Å²) in [4.78, 5) is 67.1. The van der Waals surface area contributed by atoms with Gasteiger partial charge in [0.25, 0.3) is 0 Å². The summed E-state index contributed by atoms with van der Waals surface area (Å²) in [7, 11) is 4.69. The maximum Gasteiger partial charge on any atom is 0.410 e. The number of fused-ring (bicyclic) bond motifs is 9. The Hall–Kier alpha value is -10.1. The van der Waals surface area contributed by atoms with Crippen LogP contribution in [-0.4, -0.2) is 164 Å². The van der Waals surface area contributed by atoms with Gasteiger partial charge in [0.2, 0.25) is 0 Å². The van der Waals surface area contributed by atoms with E-state index in [0.29, 0.717) is 67.4 Å². The summed E-state index contributed by atoms with van der Waals surface area (Å²) in [6.07, 6.45) is 42.6. The van der Waals surface area contributed by atoms with E-state index in [1.54, 1.807) is 99.7 Å². The average molecular weight is 1580 g/mol. The molecule has 0 radical (unpaired) electrons. The Bertz CT molecular complexity index is 5240. The van der Waals surface area contributed by atoms with Gasteiger partial charge in [-0.3, -0.25) is 13.7 Å². The largest absolute Gasteiger partial charge is 0.495 e. The summed E-state index contributed by atoms with van der Waals surface area (Å²) in [5.41, 5.74) is 13.4. The molecule has 9 aromatic heterocycles. The molecule has 6 saturated heterocycles. The normalized spacial score (nSPS) is 20.8. The first kappa shape index (κ1) is 77.2. The monoisotopic (exact) mass is 1580 g/mol. The molecule has 15 heterocycles. The van der Waals surface area contributed by atoms with E-state index < -0.39 is 0 Å². The molecule has 25 nitrogen and oxygen atoms in total. The number of benzene rings is 3. The number of carbonyl (C=O) groups excluding carboxylic acids is 3. The third kappa shape index (κ3) is 16.8. The van der Waals surface area contributed by atoms with Gasteiger partial charge < -0.3 is 62.6 Å².